The quantitative estimate of drug-likeness (QED) is 0.684. The van der Waals surface area contributed by atoms with Gasteiger partial charge in [-0.1, -0.05) is 6.92 Å². The molecule has 0 radical (unpaired) electrons. The molecule has 0 saturated heterocycles. The van der Waals surface area contributed by atoms with Crippen molar-refractivity contribution in [2.24, 2.45) is 5.73 Å². The molecule has 1 aromatic rings. The summed E-state index contributed by atoms with van der Waals surface area (Å²) < 4.78 is 25.6. The minimum atomic E-state index is -3.45. The summed E-state index contributed by atoms with van der Waals surface area (Å²) in [4.78, 5) is 11.2. The molecule has 0 aliphatic rings. The van der Waals surface area contributed by atoms with Crippen LogP contribution in [0.4, 0.5) is 5.69 Å². The van der Waals surface area contributed by atoms with Gasteiger partial charge < -0.3 is 11.1 Å². The topological polar surface area (TPSA) is 101 Å². The van der Waals surface area contributed by atoms with Gasteiger partial charge in [0.15, 0.2) is 0 Å². The number of anilines is 1. The van der Waals surface area contributed by atoms with Gasteiger partial charge in [-0.05, 0) is 24.3 Å². The number of rotatable bonds is 5. The lowest BCUT2D eigenvalue weighted by molar-refractivity contribution is -0.114. The third kappa shape index (κ3) is 3.81. The fraction of sp³-hybridized carbons (Fsp3) is 0.300. The third-order valence-corrected chi connectivity index (χ3v) is 3.53. The molecule has 0 saturated carbocycles. The Morgan fingerprint density at radius 2 is 1.88 bits per heavy atom. The van der Waals surface area contributed by atoms with Gasteiger partial charge in [0, 0.05) is 12.2 Å². The summed E-state index contributed by atoms with van der Waals surface area (Å²) in [6.45, 7) is 1.92. The number of sulfonamides is 1. The molecule has 0 bridgehead atoms. The number of nitrogens with one attached hydrogen (secondary N) is 2. The minimum Gasteiger partial charge on any atom is -0.325 e. The summed E-state index contributed by atoms with van der Waals surface area (Å²) in [5.41, 5.74) is 5.65. The standard InChI is InChI=1S/C10H15N3O3S/c1-2-12-17(15,16)9-5-3-8(4-6-9)13-10(14)7-11/h3-6,12H,2,7,11H2,1H3,(H,13,14). The molecule has 17 heavy (non-hydrogen) atoms. The molecule has 94 valence electrons. The lowest BCUT2D eigenvalue weighted by Gasteiger charge is -2.06. The molecule has 7 heteroatoms. The third-order valence-electron chi connectivity index (χ3n) is 1.97. The van der Waals surface area contributed by atoms with Crippen LogP contribution in [0.5, 0.6) is 0 Å². The second kappa shape index (κ2) is 5.76. The Kier molecular flexibility index (Phi) is 4.62. The Balaban J connectivity index is 2.85. The Labute approximate surface area is 100 Å². The summed E-state index contributed by atoms with van der Waals surface area (Å²) in [7, 11) is -3.45. The van der Waals surface area contributed by atoms with Crippen LogP contribution in [0.15, 0.2) is 29.2 Å². The van der Waals surface area contributed by atoms with Crippen molar-refractivity contribution in [3.8, 4) is 0 Å². The van der Waals surface area contributed by atoms with Crippen molar-refractivity contribution >= 4 is 21.6 Å². The number of benzene rings is 1. The normalized spacial score (nSPS) is 11.2. The van der Waals surface area contributed by atoms with E-state index < -0.39 is 10.0 Å². The van der Waals surface area contributed by atoms with Crippen LogP contribution >= 0.6 is 0 Å². The summed E-state index contributed by atoms with van der Waals surface area (Å²) in [5, 5.41) is 2.52. The second-order valence-electron chi connectivity index (χ2n) is 3.28. The van der Waals surface area contributed by atoms with E-state index in [1.54, 1.807) is 6.92 Å². The monoisotopic (exact) mass is 257 g/mol. The molecule has 0 aromatic heterocycles. The molecule has 0 spiro atoms. The highest BCUT2D eigenvalue weighted by Gasteiger charge is 2.11. The van der Waals surface area contributed by atoms with E-state index in [1.165, 1.54) is 24.3 Å². The molecule has 6 nitrogen and oxygen atoms in total. The number of hydrogen-bond donors (Lipinski definition) is 3. The lowest BCUT2D eigenvalue weighted by atomic mass is 10.3. The van der Waals surface area contributed by atoms with Crippen LogP contribution in [0.1, 0.15) is 6.92 Å². The number of amides is 1. The predicted molar refractivity (Wildman–Crippen MR) is 65.0 cm³/mol. The van der Waals surface area contributed by atoms with E-state index in [0.29, 0.717) is 12.2 Å². The molecule has 1 aromatic carbocycles. The summed E-state index contributed by atoms with van der Waals surface area (Å²) in [5.74, 6) is -0.327. The first kappa shape index (κ1) is 13.6. The van der Waals surface area contributed by atoms with E-state index in [9.17, 15) is 13.2 Å². The maximum atomic E-state index is 11.6. The van der Waals surface area contributed by atoms with Crippen molar-refractivity contribution in [1.82, 2.24) is 4.72 Å². The Morgan fingerprint density at radius 3 is 2.35 bits per heavy atom. The Bertz CT molecular complexity index is 482. The van der Waals surface area contributed by atoms with Crippen molar-refractivity contribution in [2.75, 3.05) is 18.4 Å². The highest BCUT2D eigenvalue weighted by atomic mass is 32.2. The smallest absolute Gasteiger partial charge is 0.240 e. The van der Waals surface area contributed by atoms with Gasteiger partial charge in [0.25, 0.3) is 0 Å². The number of carbonyl (C=O) groups excluding carboxylic acids is 1. The van der Waals surface area contributed by atoms with Gasteiger partial charge in [-0.2, -0.15) is 0 Å². The van der Waals surface area contributed by atoms with Gasteiger partial charge >= 0.3 is 0 Å². The van der Waals surface area contributed by atoms with Crippen molar-refractivity contribution < 1.29 is 13.2 Å². The second-order valence-corrected chi connectivity index (χ2v) is 5.04. The van der Waals surface area contributed by atoms with Crippen LogP contribution in [-0.4, -0.2) is 27.4 Å². The largest absolute Gasteiger partial charge is 0.325 e. The first-order valence-electron chi connectivity index (χ1n) is 5.09. The van der Waals surface area contributed by atoms with Crippen LogP contribution in [0, 0.1) is 0 Å². The van der Waals surface area contributed by atoms with Crippen LogP contribution in [0.3, 0.4) is 0 Å². The fourth-order valence-electron chi connectivity index (χ4n) is 1.20. The van der Waals surface area contributed by atoms with E-state index in [1.807, 2.05) is 0 Å². The van der Waals surface area contributed by atoms with Crippen molar-refractivity contribution in [1.29, 1.82) is 0 Å². The molecule has 4 N–H and O–H groups in total. The van der Waals surface area contributed by atoms with E-state index in [0.717, 1.165) is 0 Å². The van der Waals surface area contributed by atoms with Crippen molar-refractivity contribution in [3.05, 3.63) is 24.3 Å². The van der Waals surface area contributed by atoms with Gasteiger partial charge in [-0.25, -0.2) is 13.1 Å². The average Bonchev–Trinajstić information content (AvgIpc) is 2.29. The van der Waals surface area contributed by atoms with Crippen molar-refractivity contribution in [3.63, 3.8) is 0 Å². The van der Waals surface area contributed by atoms with Crippen molar-refractivity contribution in [2.45, 2.75) is 11.8 Å². The van der Waals surface area contributed by atoms with Crippen LogP contribution < -0.4 is 15.8 Å². The lowest BCUT2D eigenvalue weighted by Crippen LogP contribution is -2.23. The minimum absolute atomic E-state index is 0.114. The number of hydrogen-bond acceptors (Lipinski definition) is 4. The molecule has 0 fully saturated rings. The molecule has 0 heterocycles. The predicted octanol–water partition coefficient (Wildman–Crippen LogP) is -0.118. The highest BCUT2D eigenvalue weighted by Crippen LogP contribution is 2.13. The zero-order valence-electron chi connectivity index (χ0n) is 9.43. The average molecular weight is 257 g/mol. The van der Waals surface area contributed by atoms with Gasteiger partial charge in [0.1, 0.15) is 0 Å². The van der Waals surface area contributed by atoms with E-state index >= 15 is 0 Å². The van der Waals surface area contributed by atoms with E-state index in [2.05, 4.69) is 10.0 Å². The molecule has 1 rings (SSSR count). The molecule has 0 aliphatic carbocycles. The number of nitrogens with two attached hydrogens (primary N) is 1. The van der Waals surface area contributed by atoms with E-state index in [4.69, 9.17) is 5.73 Å². The first-order valence-corrected chi connectivity index (χ1v) is 6.57. The van der Waals surface area contributed by atoms with Crippen LogP contribution in [0.2, 0.25) is 0 Å². The maximum Gasteiger partial charge on any atom is 0.240 e. The fourth-order valence-corrected chi connectivity index (χ4v) is 2.24. The zero-order chi connectivity index (χ0) is 12.9. The molecule has 0 unspecified atom stereocenters. The molecular formula is C10H15N3O3S. The highest BCUT2D eigenvalue weighted by molar-refractivity contribution is 7.89. The number of carbonyl (C=O) groups is 1. The Morgan fingerprint density at radius 1 is 1.29 bits per heavy atom. The summed E-state index contributed by atoms with van der Waals surface area (Å²) >= 11 is 0. The zero-order valence-corrected chi connectivity index (χ0v) is 10.3. The van der Waals surface area contributed by atoms with Gasteiger partial charge in [-0.15, -0.1) is 0 Å². The van der Waals surface area contributed by atoms with E-state index in [-0.39, 0.29) is 17.3 Å². The molecular weight excluding hydrogens is 242 g/mol. The van der Waals surface area contributed by atoms with Gasteiger partial charge in [0.05, 0.1) is 11.4 Å². The van der Waals surface area contributed by atoms with Crippen LogP contribution in [0.25, 0.3) is 0 Å². The SMILES string of the molecule is CCNS(=O)(=O)c1ccc(NC(=O)CN)cc1. The maximum absolute atomic E-state index is 11.6. The molecule has 1 amide bonds. The molecule has 0 atom stereocenters. The van der Waals surface area contributed by atoms with Crippen LogP contribution in [-0.2, 0) is 14.8 Å². The molecule has 0 aliphatic heterocycles. The van der Waals surface area contributed by atoms with Gasteiger partial charge in [-0.3, -0.25) is 4.79 Å². The first-order chi connectivity index (χ1) is 7.99. The Hall–Kier alpha value is -1.44. The summed E-state index contributed by atoms with van der Waals surface area (Å²) in [6.07, 6.45) is 0. The van der Waals surface area contributed by atoms with Gasteiger partial charge in [0.2, 0.25) is 15.9 Å². The summed E-state index contributed by atoms with van der Waals surface area (Å²) in [6, 6.07) is 5.86.